The summed E-state index contributed by atoms with van der Waals surface area (Å²) in [4.78, 5) is 16.9. The number of amides is 1. The highest BCUT2D eigenvalue weighted by atomic mass is 35.5. The van der Waals surface area contributed by atoms with Crippen LogP contribution in [0, 0.1) is 5.82 Å². The summed E-state index contributed by atoms with van der Waals surface area (Å²) in [6, 6.07) is 7.31. The molecule has 0 saturated carbocycles. The van der Waals surface area contributed by atoms with Crippen molar-refractivity contribution >= 4 is 35.0 Å². The van der Waals surface area contributed by atoms with E-state index >= 15 is 0 Å². The van der Waals surface area contributed by atoms with Gasteiger partial charge in [0.15, 0.2) is 5.75 Å². The van der Waals surface area contributed by atoms with Gasteiger partial charge in [0.1, 0.15) is 17.5 Å². The summed E-state index contributed by atoms with van der Waals surface area (Å²) in [5.74, 6) is -0.410. The molecule has 0 bridgehead atoms. The topological polar surface area (TPSA) is 87.5 Å². The van der Waals surface area contributed by atoms with Gasteiger partial charge in [-0.1, -0.05) is 34.4 Å². The lowest BCUT2D eigenvalue weighted by Crippen LogP contribution is -2.47. The molecule has 0 radical (unpaired) electrons. The van der Waals surface area contributed by atoms with Gasteiger partial charge in [-0.2, -0.15) is 0 Å². The van der Waals surface area contributed by atoms with Gasteiger partial charge in [0.25, 0.3) is 0 Å². The monoisotopic (exact) mass is 452 g/mol. The van der Waals surface area contributed by atoms with Crippen LogP contribution in [-0.2, 0) is 4.74 Å². The van der Waals surface area contributed by atoms with Crippen molar-refractivity contribution in [2.45, 2.75) is 32.5 Å². The summed E-state index contributed by atoms with van der Waals surface area (Å²) in [6.07, 6.45) is -1.36. The Kier molecular flexibility index (Phi) is 6.31. The minimum atomic E-state index is -0.766. The zero-order valence-electron chi connectivity index (χ0n) is 16.5. The summed E-state index contributed by atoms with van der Waals surface area (Å²) in [5.41, 5.74) is 8.73. The number of fused-ring (bicyclic) bond motifs is 1. The number of nitrogens with zero attached hydrogens (tertiary/aromatic N) is 4. The molecule has 0 saturated heterocycles. The number of carbonyl (C=O) groups is 1. The molecule has 10 heteroatoms. The second-order valence-electron chi connectivity index (χ2n) is 7.64. The van der Waals surface area contributed by atoms with E-state index in [1.165, 1.54) is 17.0 Å². The van der Waals surface area contributed by atoms with Crippen molar-refractivity contribution in [2.24, 2.45) is 5.11 Å². The van der Waals surface area contributed by atoms with Gasteiger partial charge in [-0.25, -0.2) is 9.18 Å². The maximum Gasteiger partial charge on any atom is 0.415 e. The van der Waals surface area contributed by atoms with Gasteiger partial charge in [0.05, 0.1) is 28.8 Å². The van der Waals surface area contributed by atoms with E-state index in [0.29, 0.717) is 15.6 Å². The molecule has 1 unspecified atom stereocenters. The van der Waals surface area contributed by atoms with Gasteiger partial charge in [0, 0.05) is 22.1 Å². The Morgan fingerprint density at radius 2 is 2.03 bits per heavy atom. The average molecular weight is 453 g/mol. The number of rotatable bonds is 3. The maximum atomic E-state index is 14.6. The molecule has 30 heavy (non-hydrogen) atoms. The molecular weight excluding hydrogens is 434 g/mol. The minimum Gasteiger partial charge on any atom is -0.486 e. The highest BCUT2D eigenvalue weighted by molar-refractivity contribution is 6.39. The predicted molar refractivity (Wildman–Crippen MR) is 114 cm³/mol. The second-order valence-corrected chi connectivity index (χ2v) is 8.46. The van der Waals surface area contributed by atoms with Gasteiger partial charge in [-0.3, -0.25) is 4.90 Å². The van der Waals surface area contributed by atoms with Crippen LogP contribution in [0.25, 0.3) is 21.6 Å². The Hall–Kier alpha value is -2.67. The first kappa shape index (κ1) is 22.0. The van der Waals surface area contributed by atoms with Crippen molar-refractivity contribution in [3.63, 3.8) is 0 Å². The van der Waals surface area contributed by atoms with E-state index in [2.05, 4.69) is 10.0 Å². The Morgan fingerprint density at radius 1 is 1.37 bits per heavy atom. The molecule has 1 atom stereocenters. The van der Waals surface area contributed by atoms with E-state index in [0.717, 1.165) is 0 Å². The van der Waals surface area contributed by atoms with Crippen molar-refractivity contribution in [1.29, 1.82) is 0 Å². The highest BCUT2D eigenvalue weighted by Crippen LogP contribution is 2.47. The Balaban J connectivity index is 2.19. The molecule has 1 amide bonds. The SMILES string of the molecule is CC(C)(C)OC(=O)N1CC(CN=[N+]=[N-])Oc2c(-c3c(Cl)cccc3Cl)cc(F)cc21. The fourth-order valence-corrected chi connectivity index (χ4v) is 3.66. The van der Waals surface area contributed by atoms with Gasteiger partial charge >= 0.3 is 6.09 Å². The fraction of sp³-hybridized carbons (Fsp3) is 0.350. The Labute approximate surface area is 182 Å². The third kappa shape index (κ3) is 4.73. The van der Waals surface area contributed by atoms with Gasteiger partial charge in [0.2, 0.25) is 0 Å². The third-order valence-electron chi connectivity index (χ3n) is 4.19. The number of anilines is 1. The molecule has 0 aliphatic carbocycles. The Bertz CT molecular complexity index is 1020. The first-order valence-electron chi connectivity index (χ1n) is 9.06. The third-order valence-corrected chi connectivity index (χ3v) is 4.82. The lowest BCUT2D eigenvalue weighted by molar-refractivity contribution is 0.0550. The van der Waals surface area contributed by atoms with E-state index < -0.39 is 23.6 Å². The number of halogens is 3. The van der Waals surface area contributed by atoms with Crippen molar-refractivity contribution in [3.05, 3.63) is 56.6 Å². The van der Waals surface area contributed by atoms with Crippen molar-refractivity contribution < 1.29 is 18.7 Å². The number of hydrogen-bond acceptors (Lipinski definition) is 4. The van der Waals surface area contributed by atoms with E-state index in [1.807, 2.05) is 0 Å². The van der Waals surface area contributed by atoms with Crippen molar-refractivity contribution in [1.82, 2.24) is 0 Å². The fourth-order valence-electron chi connectivity index (χ4n) is 3.06. The van der Waals surface area contributed by atoms with Gasteiger partial charge < -0.3 is 9.47 Å². The minimum absolute atomic E-state index is 0.0140. The van der Waals surface area contributed by atoms with Gasteiger partial charge in [-0.05, 0) is 44.5 Å². The second kappa shape index (κ2) is 8.60. The molecule has 2 aromatic rings. The zero-order chi connectivity index (χ0) is 22.1. The van der Waals surface area contributed by atoms with Crippen LogP contribution in [0.2, 0.25) is 10.0 Å². The lowest BCUT2D eigenvalue weighted by Gasteiger charge is -2.36. The number of carbonyl (C=O) groups excluding carboxylic acids is 1. The molecule has 1 heterocycles. The van der Waals surface area contributed by atoms with Crippen molar-refractivity contribution in [2.75, 3.05) is 18.0 Å². The van der Waals surface area contributed by atoms with Gasteiger partial charge in [-0.15, -0.1) is 0 Å². The molecule has 0 spiro atoms. The van der Waals surface area contributed by atoms with E-state index in [1.54, 1.807) is 39.0 Å². The highest BCUT2D eigenvalue weighted by Gasteiger charge is 2.35. The molecule has 0 fully saturated rings. The molecule has 1 aliphatic heterocycles. The standard InChI is InChI=1S/C20H19Cl2FN4O3/c1-20(2,3)30-19(28)27-10-12(9-25-26-24)29-18-13(7-11(23)8-16(18)27)17-14(21)5-4-6-15(17)22/h4-8,12H,9-10H2,1-3H3. The number of hydrogen-bond donors (Lipinski definition) is 0. The van der Waals surface area contributed by atoms with Crippen LogP contribution < -0.4 is 9.64 Å². The predicted octanol–water partition coefficient (Wildman–Crippen LogP) is 6.61. The lowest BCUT2D eigenvalue weighted by atomic mass is 10.0. The summed E-state index contributed by atoms with van der Waals surface area (Å²) >= 11 is 12.7. The molecule has 0 aromatic heterocycles. The number of benzene rings is 2. The molecule has 7 nitrogen and oxygen atoms in total. The molecule has 1 aliphatic rings. The van der Waals surface area contributed by atoms with Crippen LogP contribution in [0.15, 0.2) is 35.4 Å². The van der Waals surface area contributed by atoms with Crippen LogP contribution >= 0.6 is 23.2 Å². The summed E-state index contributed by atoms with van der Waals surface area (Å²) in [7, 11) is 0. The summed E-state index contributed by atoms with van der Waals surface area (Å²) < 4.78 is 26.1. The molecule has 3 rings (SSSR count). The average Bonchev–Trinajstić information content (AvgIpc) is 2.64. The largest absolute Gasteiger partial charge is 0.486 e. The first-order valence-corrected chi connectivity index (χ1v) is 9.82. The van der Waals surface area contributed by atoms with Crippen LogP contribution in [0.3, 0.4) is 0 Å². The van der Waals surface area contributed by atoms with Crippen molar-refractivity contribution in [3.8, 4) is 16.9 Å². The Morgan fingerprint density at radius 3 is 2.63 bits per heavy atom. The number of ether oxygens (including phenoxy) is 2. The van der Waals surface area contributed by atoms with Crippen LogP contribution in [0.5, 0.6) is 5.75 Å². The first-order chi connectivity index (χ1) is 14.1. The van der Waals surface area contributed by atoms with E-state index in [9.17, 15) is 9.18 Å². The molecule has 2 aromatic carbocycles. The molecule has 158 valence electrons. The summed E-state index contributed by atoms with van der Waals surface area (Å²) in [6.45, 7) is 5.15. The maximum absolute atomic E-state index is 14.6. The smallest absolute Gasteiger partial charge is 0.415 e. The quantitative estimate of drug-likeness (QED) is 0.298. The zero-order valence-corrected chi connectivity index (χ0v) is 18.0. The normalized spacial score (nSPS) is 15.7. The van der Waals surface area contributed by atoms with E-state index in [-0.39, 0.29) is 30.1 Å². The summed E-state index contributed by atoms with van der Waals surface area (Å²) in [5, 5.41) is 4.13. The van der Waals surface area contributed by atoms with E-state index in [4.69, 9.17) is 38.2 Å². The molecular formula is C20H19Cl2FN4O3. The number of azide groups is 1. The van der Waals surface area contributed by atoms with Crippen LogP contribution in [0.4, 0.5) is 14.9 Å². The van der Waals surface area contributed by atoms with Crippen LogP contribution in [0.1, 0.15) is 20.8 Å². The van der Waals surface area contributed by atoms with Crippen LogP contribution in [-0.4, -0.2) is 30.9 Å². The molecule has 0 N–H and O–H groups in total.